The molecule has 0 aliphatic heterocycles. The minimum absolute atomic E-state index is 0.267. The van der Waals surface area contributed by atoms with Crippen LogP contribution in [0.5, 0.6) is 0 Å². The fourth-order valence-corrected chi connectivity index (χ4v) is 0.945. The molecule has 2 N–H and O–H groups in total. The van der Waals surface area contributed by atoms with Gasteiger partial charge in [-0.15, -0.1) is 11.8 Å². The van der Waals surface area contributed by atoms with Gasteiger partial charge in [-0.2, -0.15) is 0 Å². The normalized spacial score (nSPS) is 9.44. The lowest BCUT2D eigenvalue weighted by Crippen LogP contribution is -2.13. The van der Waals surface area contributed by atoms with Gasteiger partial charge in [-0.3, -0.25) is 4.79 Å². The molecule has 0 atom stereocenters. The molecule has 0 heterocycles. The van der Waals surface area contributed by atoms with Crippen molar-refractivity contribution in [2.24, 2.45) is 5.73 Å². The van der Waals surface area contributed by atoms with Crippen molar-refractivity contribution in [3.05, 3.63) is 0 Å². The third-order valence-corrected chi connectivity index (χ3v) is 1.62. The van der Waals surface area contributed by atoms with Gasteiger partial charge in [-0.1, -0.05) is 0 Å². The van der Waals surface area contributed by atoms with E-state index in [1.54, 1.807) is 7.11 Å². The number of ether oxygens (including phenoxy) is 1. The average Bonchev–Trinajstić information content (AvgIpc) is 1.80. The van der Waals surface area contributed by atoms with Gasteiger partial charge >= 0.3 is 0 Å². The average molecular weight is 149 g/mol. The Hall–Kier alpha value is -0.220. The Balaban J connectivity index is 2.83. The van der Waals surface area contributed by atoms with Gasteiger partial charge in [0.15, 0.2) is 0 Å². The van der Waals surface area contributed by atoms with Crippen molar-refractivity contribution in [1.29, 1.82) is 0 Å². The number of carbonyl (C=O) groups excluding carboxylic acids is 1. The second-order valence-corrected chi connectivity index (χ2v) is 2.62. The van der Waals surface area contributed by atoms with Gasteiger partial charge in [0.2, 0.25) is 5.91 Å². The predicted molar refractivity (Wildman–Crippen MR) is 38.4 cm³/mol. The molecule has 0 fully saturated rings. The maximum absolute atomic E-state index is 10.1. The highest BCUT2D eigenvalue weighted by Crippen LogP contribution is 1.96. The highest BCUT2D eigenvalue weighted by Gasteiger charge is 1.92. The maximum atomic E-state index is 10.1. The Morgan fingerprint density at radius 2 is 2.44 bits per heavy atom. The van der Waals surface area contributed by atoms with Gasteiger partial charge < -0.3 is 10.5 Å². The molecule has 0 spiro atoms. The van der Waals surface area contributed by atoms with Gasteiger partial charge in [0.25, 0.3) is 0 Å². The molecule has 3 nitrogen and oxygen atoms in total. The van der Waals surface area contributed by atoms with Crippen molar-refractivity contribution in [3.63, 3.8) is 0 Å². The van der Waals surface area contributed by atoms with E-state index in [-0.39, 0.29) is 5.91 Å². The SMILES string of the molecule is COCCSCC(N)=O. The number of nitrogens with two attached hydrogens (primary N) is 1. The molecule has 0 rings (SSSR count). The molecular weight excluding hydrogens is 138 g/mol. The van der Waals surface area contributed by atoms with Gasteiger partial charge in [-0.05, 0) is 0 Å². The third-order valence-electron chi connectivity index (χ3n) is 0.676. The highest BCUT2D eigenvalue weighted by molar-refractivity contribution is 7.99. The van der Waals surface area contributed by atoms with Gasteiger partial charge in [0, 0.05) is 12.9 Å². The van der Waals surface area contributed by atoms with E-state index in [1.807, 2.05) is 0 Å². The zero-order valence-corrected chi connectivity index (χ0v) is 6.24. The van der Waals surface area contributed by atoms with Crippen molar-refractivity contribution in [2.45, 2.75) is 0 Å². The first kappa shape index (κ1) is 8.78. The summed E-state index contributed by atoms with van der Waals surface area (Å²) in [5.74, 6) is 0.958. The van der Waals surface area contributed by atoms with Crippen LogP contribution in [0.4, 0.5) is 0 Å². The number of thioether (sulfide) groups is 1. The lowest BCUT2D eigenvalue weighted by atomic mass is 10.8. The topological polar surface area (TPSA) is 52.3 Å². The van der Waals surface area contributed by atoms with E-state index in [0.717, 1.165) is 5.75 Å². The summed E-state index contributed by atoms with van der Waals surface area (Å²) < 4.78 is 4.75. The largest absolute Gasteiger partial charge is 0.384 e. The predicted octanol–water partition coefficient (Wildman–Crippen LogP) is -0.149. The van der Waals surface area contributed by atoms with Gasteiger partial charge in [0.05, 0.1) is 12.4 Å². The molecule has 9 heavy (non-hydrogen) atoms. The minimum atomic E-state index is -0.267. The number of hydrogen-bond donors (Lipinski definition) is 1. The Morgan fingerprint density at radius 3 is 2.89 bits per heavy atom. The van der Waals surface area contributed by atoms with Gasteiger partial charge in [0.1, 0.15) is 0 Å². The van der Waals surface area contributed by atoms with E-state index in [2.05, 4.69) is 0 Å². The van der Waals surface area contributed by atoms with Crippen LogP contribution in [0.2, 0.25) is 0 Å². The molecule has 0 unspecified atom stereocenters. The number of amides is 1. The lowest BCUT2D eigenvalue weighted by Gasteiger charge is -1.95. The Kier molecular flexibility index (Phi) is 5.76. The van der Waals surface area contributed by atoms with Crippen LogP contribution in [-0.2, 0) is 9.53 Å². The molecule has 0 saturated carbocycles. The summed E-state index contributed by atoms with van der Waals surface area (Å²) in [4.78, 5) is 10.1. The molecule has 0 bridgehead atoms. The molecule has 0 aliphatic rings. The monoisotopic (exact) mass is 149 g/mol. The molecule has 0 aromatic carbocycles. The summed E-state index contributed by atoms with van der Waals surface area (Å²) >= 11 is 1.49. The summed E-state index contributed by atoms with van der Waals surface area (Å²) in [5.41, 5.74) is 4.87. The minimum Gasteiger partial charge on any atom is -0.384 e. The summed E-state index contributed by atoms with van der Waals surface area (Å²) in [6.45, 7) is 0.679. The summed E-state index contributed by atoms with van der Waals surface area (Å²) in [5, 5.41) is 0. The standard InChI is InChI=1S/C5H11NO2S/c1-8-2-3-9-4-5(6)7/h2-4H2,1H3,(H2,6,7). The van der Waals surface area contributed by atoms with E-state index in [0.29, 0.717) is 12.4 Å². The van der Waals surface area contributed by atoms with E-state index in [4.69, 9.17) is 10.5 Å². The molecular formula is C5H11NO2S. The van der Waals surface area contributed by atoms with Crippen molar-refractivity contribution >= 4 is 17.7 Å². The molecule has 0 radical (unpaired) electrons. The van der Waals surface area contributed by atoms with Crippen LogP contribution >= 0.6 is 11.8 Å². The summed E-state index contributed by atoms with van der Waals surface area (Å²) in [6.07, 6.45) is 0. The number of methoxy groups -OCH3 is 1. The van der Waals surface area contributed by atoms with E-state index >= 15 is 0 Å². The number of primary amides is 1. The van der Waals surface area contributed by atoms with Crippen LogP contribution in [0.1, 0.15) is 0 Å². The molecule has 0 saturated heterocycles. The van der Waals surface area contributed by atoms with Crippen molar-refractivity contribution in [3.8, 4) is 0 Å². The maximum Gasteiger partial charge on any atom is 0.227 e. The fraction of sp³-hybridized carbons (Fsp3) is 0.800. The Morgan fingerprint density at radius 1 is 1.78 bits per heavy atom. The zero-order chi connectivity index (χ0) is 7.11. The van der Waals surface area contributed by atoms with Crippen molar-refractivity contribution in [1.82, 2.24) is 0 Å². The van der Waals surface area contributed by atoms with Crippen LogP contribution in [0.3, 0.4) is 0 Å². The first-order valence-electron chi connectivity index (χ1n) is 2.62. The second-order valence-electron chi connectivity index (χ2n) is 1.51. The molecule has 1 amide bonds. The number of rotatable bonds is 5. The summed E-state index contributed by atoms with van der Waals surface area (Å²) in [7, 11) is 1.63. The Labute approximate surface area is 58.9 Å². The van der Waals surface area contributed by atoms with Crippen molar-refractivity contribution < 1.29 is 9.53 Å². The molecule has 0 aliphatic carbocycles. The first-order chi connectivity index (χ1) is 4.27. The Bertz CT molecular complexity index is 87.0. The quantitative estimate of drug-likeness (QED) is 0.553. The fourth-order valence-electron chi connectivity index (χ4n) is 0.315. The smallest absolute Gasteiger partial charge is 0.227 e. The molecule has 4 heteroatoms. The second kappa shape index (κ2) is 5.91. The summed E-state index contributed by atoms with van der Waals surface area (Å²) in [6, 6.07) is 0. The van der Waals surface area contributed by atoms with E-state index in [9.17, 15) is 4.79 Å². The van der Waals surface area contributed by atoms with E-state index in [1.165, 1.54) is 11.8 Å². The van der Waals surface area contributed by atoms with Gasteiger partial charge in [-0.25, -0.2) is 0 Å². The number of carbonyl (C=O) groups is 1. The molecule has 54 valence electrons. The molecule has 0 aromatic rings. The first-order valence-corrected chi connectivity index (χ1v) is 3.78. The van der Waals surface area contributed by atoms with Crippen LogP contribution < -0.4 is 5.73 Å². The van der Waals surface area contributed by atoms with Crippen LogP contribution in [0.15, 0.2) is 0 Å². The van der Waals surface area contributed by atoms with Crippen LogP contribution in [0, 0.1) is 0 Å². The highest BCUT2D eigenvalue weighted by atomic mass is 32.2. The third kappa shape index (κ3) is 7.78. The zero-order valence-electron chi connectivity index (χ0n) is 5.42. The number of hydrogen-bond acceptors (Lipinski definition) is 3. The lowest BCUT2D eigenvalue weighted by molar-refractivity contribution is -0.115. The van der Waals surface area contributed by atoms with Crippen molar-refractivity contribution in [2.75, 3.05) is 25.2 Å². The molecule has 0 aromatic heterocycles. The van der Waals surface area contributed by atoms with Crippen LogP contribution in [0.25, 0.3) is 0 Å². The van der Waals surface area contributed by atoms with Crippen LogP contribution in [-0.4, -0.2) is 31.1 Å². The van der Waals surface area contributed by atoms with E-state index < -0.39 is 0 Å².